The Bertz CT molecular complexity index is 1080. The number of hydrogen-bond acceptors (Lipinski definition) is 9. The molecule has 0 radical (unpaired) electrons. The lowest BCUT2D eigenvalue weighted by molar-refractivity contribution is -0.122. The van der Waals surface area contributed by atoms with Crippen molar-refractivity contribution in [1.82, 2.24) is 25.2 Å². The smallest absolute Gasteiger partial charge is 0.264 e. The lowest BCUT2D eigenvalue weighted by Gasteiger charge is -2.11. The van der Waals surface area contributed by atoms with E-state index in [4.69, 9.17) is 19.7 Å². The van der Waals surface area contributed by atoms with Crippen molar-refractivity contribution >= 4 is 23.5 Å². The number of carbonyl (C=O) groups is 1. The van der Waals surface area contributed by atoms with Gasteiger partial charge in [0.1, 0.15) is 23.0 Å². The number of nitrogens with zero attached hydrogens (tertiary/aromatic N) is 4. The standard InChI is InChI=1S/C19H22N6O4S/c1-4-10(2)21-14(26)8-25-16(20)15(19(23-25)30-3)18-22-17(24-29-18)11-5-6-12-13(7-11)28-9-27-12/h5-7,10H,4,8-9,20H2,1-3H3,(H,21,26)/t10-/m0/s1. The molecule has 0 saturated carbocycles. The van der Waals surface area contributed by atoms with Gasteiger partial charge >= 0.3 is 0 Å². The third-order valence-electron chi connectivity index (χ3n) is 4.74. The number of fused-ring (bicyclic) bond motifs is 1. The Morgan fingerprint density at radius 3 is 2.93 bits per heavy atom. The number of hydrogen-bond donors (Lipinski definition) is 2. The highest BCUT2D eigenvalue weighted by Gasteiger charge is 2.24. The van der Waals surface area contributed by atoms with Gasteiger partial charge in [-0.1, -0.05) is 12.1 Å². The number of anilines is 1. The Kier molecular flexibility index (Phi) is 5.53. The Labute approximate surface area is 177 Å². The largest absolute Gasteiger partial charge is 0.454 e. The minimum absolute atomic E-state index is 0.00683. The van der Waals surface area contributed by atoms with E-state index < -0.39 is 0 Å². The summed E-state index contributed by atoms with van der Waals surface area (Å²) in [6.07, 6.45) is 2.70. The molecule has 1 aromatic carbocycles. The first-order chi connectivity index (χ1) is 14.5. The van der Waals surface area contributed by atoms with Gasteiger partial charge in [-0.15, -0.1) is 11.8 Å². The van der Waals surface area contributed by atoms with E-state index in [1.165, 1.54) is 16.4 Å². The van der Waals surface area contributed by atoms with Crippen molar-refractivity contribution in [2.45, 2.75) is 37.9 Å². The first kappa shape index (κ1) is 20.1. The van der Waals surface area contributed by atoms with Crippen molar-refractivity contribution < 1.29 is 18.8 Å². The molecule has 0 saturated heterocycles. The highest BCUT2D eigenvalue weighted by molar-refractivity contribution is 7.98. The summed E-state index contributed by atoms with van der Waals surface area (Å²) in [6.45, 7) is 4.14. The van der Waals surface area contributed by atoms with E-state index in [9.17, 15) is 4.79 Å². The van der Waals surface area contributed by atoms with Crippen LogP contribution in [0.4, 0.5) is 5.82 Å². The van der Waals surface area contributed by atoms with E-state index in [2.05, 4.69) is 20.6 Å². The van der Waals surface area contributed by atoms with Crippen LogP contribution in [0.15, 0.2) is 27.7 Å². The van der Waals surface area contributed by atoms with Gasteiger partial charge in [0.25, 0.3) is 5.89 Å². The number of nitrogens with two attached hydrogens (primary N) is 1. The quantitative estimate of drug-likeness (QED) is 0.543. The molecule has 1 atom stereocenters. The molecule has 30 heavy (non-hydrogen) atoms. The van der Waals surface area contributed by atoms with E-state index in [0.717, 1.165) is 12.0 Å². The van der Waals surface area contributed by atoms with Crippen molar-refractivity contribution in [2.75, 3.05) is 18.8 Å². The Morgan fingerprint density at radius 2 is 2.17 bits per heavy atom. The number of ether oxygens (including phenoxy) is 2. The molecule has 0 unspecified atom stereocenters. The van der Waals surface area contributed by atoms with Crippen LogP contribution in [-0.4, -0.2) is 44.9 Å². The molecule has 11 heteroatoms. The minimum atomic E-state index is -0.163. The van der Waals surface area contributed by atoms with E-state index >= 15 is 0 Å². The molecule has 0 bridgehead atoms. The normalized spacial score (nSPS) is 13.4. The third kappa shape index (κ3) is 3.80. The minimum Gasteiger partial charge on any atom is -0.454 e. The van der Waals surface area contributed by atoms with Crippen molar-refractivity contribution in [1.29, 1.82) is 0 Å². The van der Waals surface area contributed by atoms with Gasteiger partial charge in [0.15, 0.2) is 11.5 Å². The Morgan fingerprint density at radius 1 is 1.37 bits per heavy atom. The first-order valence-corrected chi connectivity index (χ1v) is 10.7. The Balaban J connectivity index is 1.61. The van der Waals surface area contributed by atoms with Crippen LogP contribution in [0, 0.1) is 0 Å². The van der Waals surface area contributed by atoms with E-state index in [-0.39, 0.29) is 31.2 Å². The Hall–Kier alpha value is -3.21. The van der Waals surface area contributed by atoms with Crippen LogP contribution in [0.2, 0.25) is 0 Å². The van der Waals surface area contributed by atoms with E-state index in [1.54, 1.807) is 12.1 Å². The lowest BCUT2D eigenvalue weighted by Crippen LogP contribution is -2.35. The summed E-state index contributed by atoms with van der Waals surface area (Å²) in [6, 6.07) is 5.49. The molecule has 1 aliphatic heterocycles. The molecule has 3 N–H and O–H groups in total. The fourth-order valence-electron chi connectivity index (χ4n) is 2.95. The van der Waals surface area contributed by atoms with Gasteiger partial charge in [0, 0.05) is 11.6 Å². The van der Waals surface area contributed by atoms with Crippen LogP contribution < -0.4 is 20.5 Å². The monoisotopic (exact) mass is 430 g/mol. The first-order valence-electron chi connectivity index (χ1n) is 9.43. The summed E-state index contributed by atoms with van der Waals surface area (Å²) < 4.78 is 17.6. The number of amides is 1. The van der Waals surface area contributed by atoms with Gasteiger partial charge in [-0.05, 0) is 37.8 Å². The van der Waals surface area contributed by atoms with Gasteiger partial charge in [-0.3, -0.25) is 4.79 Å². The van der Waals surface area contributed by atoms with Gasteiger partial charge in [0.2, 0.25) is 18.5 Å². The highest BCUT2D eigenvalue weighted by Crippen LogP contribution is 2.37. The molecule has 1 amide bonds. The van der Waals surface area contributed by atoms with Crippen molar-refractivity contribution in [3.63, 3.8) is 0 Å². The summed E-state index contributed by atoms with van der Waals surface area (Å²) >= 11 is 1.38. The second-order valence-electron chi connectivity index (χ2n) is 6.80. The molecular weight excluding hydrogens is 408 g/mol. The average Bonchev–Trinajstić information content (AvgIpc) is 3.46. The maximum atomic E-state index is 12.3. The molecule has 158 valence electrons. The SMILES string of the molecule is CC[C@H](C)NC(=O)Cn1nc(SC)c(-c2nc(-c3ccc4c(c3)OCO4)no2)c1N. The van der Waals surface area contributed by atoms with Crippen LogP contribution in [0.3, 0.4) is 0 Å². The maximum Gasteiger partial charge on any atom is 0.264 e. The molecule has 3 heterocycles. The van der Waals surface area contributed by atoms with Crippen LogP contribution in [-0.2, 0) is 11.3 Å². The van der Waals surface area contributed by atoms with Gasteiger partial charge in [0.05, 0.1) is 0 Å². The van der Waals surface area contributed by atoms with Crippen LogP contribution in [0.25, 0.3) is 22.8 Å². The summed E-state index contributed by atoms with van der Waals surface area (Å²) in [5.74, 6) is 2.05. The number of aromatic nitrogens is 4. The molecule has 0 spiro atoms. The van der Waals surface area contributed by atoms with Crippen LogP contribution in [0.5, 0.6) is 11.5 Å². The van der Waals surface area contributed by atoms with Crippen LogP contribution in [0.1, 0.15) is 20.3 Å². The molecule has 1 aliphatic rings. The zero-order chi connectivity index (χ0) is 21.3. The second kappa shape index (κ2) is 8.27. The summed E-state index contributed by atoms with van der Waals surface area (Å²) in [5, 5.41) is 12.0. The number of nitrogens with one attached hydrogen (secondary N) is 1. The van der Waals surface area contributed by atoms with Crippen molar-refractivity contribution in [3.8, 4) is 34.3 Å². The number of nitrogen functional groups attached to an aromatic ring is 1. The number of thioether (sulfide) groups is 1. The molecule has 0 aliphatic carbocycles. The predicted octanol–water partition coefficient (Wildman–Crippen LogP) is 2.55. The van der Waals surface area contributed by atoms with Crippen LogP contribution >= 0.6 is 11.8 Å². The fraction of sp³-hybridized carbons (Fsp3) is 0.368. The zero-order valence-corrected chi connectivity index (χ0v) is 17.7. The maximum absolute atomic E-state index is 12.3. The summed E-state index contributed by atoms with van der Waals surface area (Å²) in [5.41, 5.74) is 7.52. The molecule has 2 aromatic heterocycles. The highest BCUT2D eigenvalue weighted by atomic mass is 32.2. The summed E-state index contributed by atoms with van der Waals surface area (Å²) in [4.78, 5) is 16.7. The van der Waals surface area contributed by atoms with Crippen molar-refractivity contribution in [3.05, 3.63) is 18.2 Å². The molecule has 0 fully saturated rings. The van der Waals surface area contributed by atoms with E-state index in [0.29, 0.717) is 33.7 Å². The van der Waals surface area contributed by atoms with Gasteiger partial charge in [-0.2, -0.15) is 10.1 Å². The summed E-state index contributed by atoms with van der Waals surface area (Å²) in [7, 11) is 0. The second-order valence-corrected chi connectivity index (χ2v) is 7.59. The van der Waals surface area contributed by atoms with E-state index in [1.807, 2.05) is 26.2 Å². The predicted molar refractivity (Wildman–Crippen MR) is 111 cm³/mol. The molecular formula is C19H22N6O4S. The third-order valence-corrected chi connectivity index (χ3v) is 5.41. The number of rotatable bonds is 7. The van der Waals surface area contributed by atoms with Crippen molar-refractivity contribution in [2.24, 2.45) is 0 Å². The van der Waals surface area contributed by atoms with Gasteiger partial charge in [-0.25, -0.2) is 4.68 Å². The molecule has 10 nitrogen and oxygen atoms in total. The number of benzene rings is 1. The number of carbonyl (C=O) groups excluding carboxylic acids is 1. The average molecular weight is 430 g/mol. The molecule has 3 aromatic rings. The fourth-order valence-corrected chi connectivity index (χ4v) is 3.53. The topological polar surface area (TPSA) is 130 Å². The van der Waals surface area contributed by atoms with Gasteiger partial charge < -0.3 is 25.0 Å². The zero-order valence-electron chi connectivity index (χ0n) is 16.8. The lowest BCUT2D eigenvalue weighted by atomic mass is 10.2. The molecule has 4 rings (SSSR count).